The predicted octanol–water partition coefficient (Wildman–Crippen LogP) is 4.84. The van der Waals surface area contributed by atoms with Gasteiger partial charge in [-0.2, -0.15) is 0 Å². The molecule has 1 aromatic carbocycles. The molecule has 206 valence electrons. The van der Waals surface area contributed by atoms with Crippen LogP contribution in [0.2, 0.25) is 10.0 Å². The van der Waals surface area contributed by atoms with Crippen molar-refractivity contribution in [1.29, 1.82) is 0 Å². The molecular formula is C28H30Cl2FN5O3. The van der Waals surface area contributed by atoms with Gasteiger partial charge >= 0.3 is 0 Å². The maximum atomic E-state index is 14.1. The molecule has 0 saturated carbocycles. The number of H-pyrrole nitrogens is 1. The van der Waals surface area contributed by atoms with Gasteiger partial charge in [0.2, 0.25) is 5.91 Å². The van der Waals surface area contributed by atoms with Crippen molar-refractivity contribution in [3.63, 3.8) is 0 Å². The third-order valence-corrected chi connectivity index (χ3v) is 7.86. The van der Waals surface area contributed by atoms with E-state index < -0.39 is 17.1 Å². The maximum Gasteiger partial charge on any atom is 0.265 e. The molecule has 0 radical (unpaired) electrons. The van der Waals surface area contributed by atoms with Crippen molar-refractivity contribution in [2.75, 3.05) is 18.4 Å². The van der Waals surface area contributed by atoms with Crippen LogP contribution in [0.5, 0.6) is 0 Å². The Labute approximate surface area is 235 Å². The molecule has 1 saturated heterocycles. The number of carbonyl (C=O) groups is 2. The molecule has 1 fully saturated rings. The summed E-state index contributed by atoms with van der Waals surface area (Å²) in [7, 11) is 0. The summed E-state index contributed by atoms with van der Waals surface area (Å²) in [5.74, 6) is -0.503. The van der Waals surface area contributed by atoms with Crippen LogP contribution in [0, 0.1) is 6.92 Å². The van der Waals surface area contributed by atoms with Crippen LogP contribution in [0.15, 0.2) is 29.1 Å². The van der Waals surface area contributed by atoms with Crippen molar-refractivity contribution >= 4 is 40.8 Å². The summed E-state index contributed by atoms with van der Waals surface area (Å²) >= 11 is 12.2. The molecule has 2 aliphatic rings. The highest BCUT2D eigenvalue weighted by molar-refractivity contribution is 6.35. The van der Waals surface area contributed by atoms with Crippen molar-refractivity contribution in [3.05, 3.63) is 72.7 Å². The Hall–Kier alpha value is -3.30. The minimum atomic E-state index is -1.43. The predicted molar refractivity (Wildman–Crippen MR) is 150 cm³/mol. The topological polar surface area (TPSA) is 99.2 Å². The number of fused-ring (bicyclic) bond motifs is 3. The molecular weight excluding hydrogens is 544 g/mol. The lowest BCUT2D eigenvalue weighted by molar-refractivity contribution is -0.144. The van der Waals surface area contributed by atoms with Crippen molar-refractivity contribution in [2.24, 2.45) is 0 Å². The van der Waals surface area contributed by atoms with Crippen molar-refractivity contribution in [1.82, 2.24) is 19.8 Å². The fraction of sp³-hybridized carbons (Fsp3) is 0.393. The standard InChI is InChI=1S/C28H30Cl2FN5O3/c1-4-5-18-15(2)34-22-11-32-25-19(24(18)22)9-20(26(38)33-10-16-6-7-17(29)8-21(16)30)27(39)36(25)12-23(37)35-13-28(3,31)14-35/h6-9,32,34H,4-5,10-14H2,1-3H3,(H,33,38). The van der Waals surface area contributed by atoms with Gasteiger partial charge in [-0.05, 0) is 49.6 Å². The minimum Gasteiger partial charge on any atom is -0.365 e. The summed E-state index contributed by atoms with van der Waals surface area (Å²) in [4.78, 5) is 44.9. The van der Waals surface area contributed by atoms with Crippen LogP contribution in [-0.4, -0.2) is 45.0 Å². The maximum absolute atomic E-state index is 14.1. The van der Waals surface area contributed by atoms with E-state index >= 15 is 0 Å². The number of amides is 2. The van der Waals surface area contributed by atoms with Crippen LogP contribution in [-0.2, 0) is 30.8 Å². The number of nitrogens with one attached hydrogen (secondary N) is 3. The molecule has 5 rings (SSSR count). The molecule has 4 heterocycles. The third kappa shape index (κ3) is 5.17. The Morgan fingerprint density at radius 1 is 1.21 bits per heavy atom. The van der Waals surface area contributed by atoms with Crippen LogP contribution >= 0.6 is 23.2 Å². The second-order valence-corrected chi connectivity index (χ2v) is 11.3. The van der Waals surface area contributed by atoms with E-state index in [4.69, 9.17) is 23.2 Å². The van der Waals surface area contributed by atoms with Gasteiger partial charge in [-0.25, -0.2) is 4.39 Å². The smallest absolute Gasteiger partial charge is 0.265 e. The number of carbonyl (C=O) groups excluding carboxylic acids is 2. The van der Waals surface area contributed by atoms with E-state index in [-0.39, 0.29) is 37.6 Å². The summed E-state index contributed by atoms with van der Waals surface area (Å²) in [6.45, 7) is 5.69. The zero-order chi connectivity index (χ0) is 28.1. The average molecular weight is 574 g/mol. The van der Waals surface area contributed by atoms with Crippen LogP contribution < -0.4 is 16.2 Å². The van der Waals surface area contributed by atoms with Gasteiger partial charge in [0.15, 0.2) is 0 Å². The van der Waals surface area contributed by atoms with E-state index in [1.165, 1.54) is 16.4 Å². The molecule has 2 aliphatic heterocycles. The Kier molecular flexibility index (Phi) is 7.24. The summed E-state index contributed by atoms with van der Waals surface area (Å²) in [5.41, 5.74) is 3.21. The molecule has 11 heteroatoms. The third-order valence-electron chi connectivity index (χ3n) is 7.27. The molecule has 0 bridgehead atoms. The number of rotatable bonds is 7. The first-order chi connectivity index (χ1) is 18.5. The van der Waals surface area contributed by atoms with Gasteiger partial charge < -0.3 is 20.5 Å². The molecule has 3 N–H and O–H groups in total. The van der Waals surface area contributed by atoms with Gasteiger partial charge in [-0.3, -0.25) is 19.0 Å². The van der Waals surface area contributed by atoms with Crippen LogP contribution in [0.1, 0.15) is 53.1 Å². The van der Waals surface area contributed by atoms with E-state index in [0.717, 1.165) is 35.4 Å². The number of nitrogens with zero attached hydrogens (tertiary/aromatic N) is 2. The number of pyridine rings is 1. The van der Waals surface area contributed by atoms with Crippen LogP contribution in [0.3, 0.4) is 0 Å². The lowest BCUT2D eigenvalue weighted by Gasteiger charge is -2.42. The quantitative estimate of drug-likeness (QED) is 0.376. The van der Waals surface area contributed by atoms with E-state index in [0.29, 0.717) is 33.5 Å². The first-order valence-corrected chi connectivity index (χ1v) is 13.7. The highest BCUT2D eigenvalue weighted by Crippen LogP contribution is 2.40. The van der Waals surface area contributed by atoms with Crippen LogP contribution in [0.4, 0.5) is 10.2 Å². The fourth-order valence-corrected chi connectivity index (χ4v) is 5.86. The van der Waals surface area contributed by atoms with E-state index in [1.54, 1.807) is 24.3 Å². The normalized spacial score (nSPS) is 15.2. The number of alkyl halides is 1. The first kappa shape index (κ1) is 27.3. The molecule has 39 heavy (non-hydrogen) atoms. The number of hydrogen-bond acceptors (Lipinski definition) is 4. The highest BCUT2D eigenvalue weighted by atomic mass is 35.5. The fourth-order valence-electron chi connectivity index (χ4n) is 5.38. The second-order valence-electron chi connectivity index (χ2n) is 10.5. The lowest BCUT2D eigenvalue weighted by atomic mass is 9.94. The lowest BCUT2D eigenvalue weighted by Crippen LogP contribution is -2.60. The largest absolute Gasteiger partial charge is 0.365 e. The SMILES string of the molecule is CCCc1c(C)[nH]c2c1-c1cc(C(=O)NCc3ccc(Cl)cc3Cl)c(=O)n(CC(=O)N3CC(C)(F)C3)c1NC2. The van der Waals surface area contributed by atoms with Gasteiger partial charge in [0.05, 0.1) is 19.6 Å². The Balaban J connectivity index is 1.56. The number of aryl methyl sites for hydroxylation is 1. The summed E-state index contributed by atoms with van der Waals surface area (Å²) in [6.07, 6.45) is 1.73. The number of aromatic amines is 1. The molecule has 0 unspecified atom stereocenters. The van der Waals surface area contributed by atoms with Crippen LogP contribution in [0.25, 0.3) is 11.1 Å². The van der Waals surface area contributed by atoms with Gasteiger partial charge in [0.1, 0.15) is 23.6 Å². The average Bonchev–Trinajstić information content (AvgIpc) is 3.18. The summed E-state index contributed by atoms with van der Waals surface area (Å²) in [5, 5.41) is 6.91. The number of hydrogen-bond donors (Lipinski definition) is 3. The Morgan fingerprint density at radius 3 is 2.62 bits per heavy atom. The van der Waals surface area contributed by atoms with E-state index in [2.05, 4.69) is 22.5 Å². The zero-order valence-corrected chi connectivity index (χ0v) is 23.5. The van der Waals surface area contributed by atoms with Gasteiger partial charge in [-0.1, -0.05) is 42.6 Å². The number of benzene rings is 1. The Morgan fingerprint density at radius 2 is 1.95 bits per heavy atom. The molecule has 8 nitrogen and oxygen atoms in total. The number of anilines is 1. The van der Waals surface area contributed by atoms with Gasteiger partial charge in [0, 0.05) is 39.1 Å². The summed E-state index contributed by atoms with van der Waals surface area (Å²) in [6, 6.07) is 6.55. The van der Waals surface area contributed by atoms with Crippen molar-refractivity contribution < 1.29 is 14.0 Å². The molecule has 0 atom stereocenters. The monoisotopic (exact) mass is 573 g/mol. The number of aromatic nitrogens is 2. The molecule has 2 amide bonds. The van der Waals surface area contributed by atoms with E-state index in [9.17, 15) is 18.8 Å². The first-order valence-electron chi connectivity index (χ1n) is 12.9. The van der Waals surface area contributed by atoms with Crippen molar-refractivity contribution in [2.45, 2.75) is 58.9 Å². The van der Waals surface area contributed by atoms with Crippen molar-refractivity contribution in [3.8, 4) is 11.1 Å². The molecule has 3 aromatic rings. The number of halogens is 3. The minimum absolute atomic E-state index is 0.0277. The highest BCUT2D eigenvalue weighted by Gasteiger charge is 2.41. The van der Waals surface area contributed by atoms with Gasteiger partial charge in [-0.15, -0.1) is 0 Å². The van der Waals surface area contributed by atoms with E-state index in [1.807, 2.05) is 6.92 Å². The number of likely N-dealkylation sites (tertiary alicyclic amines) is 1. The second kappa shape index (κ2) is 10.4. The molecule has 0 spiro atoms. The zero-order valence-electron chi connectivity index (χ0n) is 22.0. The Bertz CT molecular complexity index is 1540. The van der Waals surface area contributed by atoms with Gasteiger partial charge in [0.25, 0.3) is 11.5 Å². The molecule has 2 aromatic heterocycles. The molecule has 0 aliphatic carbocycles. The summed E-state index contributed by atoms with van der Waals surface area (Å²) < 4.78 is 15.4.